The lowest BCUT2D eigenvalue weighted by Gasteiger charge is -2.32. The van der Waals surface area contributed by atoms with Crippen LogP contribution < -0.4 is 10.6 Å². The summed E-state index contributed by atoms with van der Waals surface area (Å²) in [6.07, 6.45) is 4.85. The van der Waals surface area contributed by atoms with Gasteiger partial charge in [0.15, 0.2) is 0 Å². The van der Waals surface area contributed by atoms with Crippen molar-refractivity contribution in [2.45, 2.75) is 53.1 Å². The van der Waals surface area contributed by atoms with Crippen LogP contribution in [0.5, 0.6) is 0 Å². The number of nitrogens with zero attached hydrogens (tertiary/aromatic N) is 2. The number of hydrogen-bond acceptors (Lipinski definition) is 6. The van der Waals surface area contributed by atoms with Crippen molar-refractivity contribution < 1.29 is 19.1 Å². The first-order valence-corrected chi connectivity index (χ1v) is 8.56. The van der Waals surface area contributed by atoms with E-state index < -0.39 is 35.3 Å². The van der Waals surface area contributed by atoms with Gasteiger partial charge in [-0.2, -0.15) is 0 Å². The molecule has 0 aliphatic heterocycles. The molecule has 1 aromatic heterocycles. The lowest BCUT2D eigenvalue weighted by atomic mass is 9.86. The molecule has 1 rings (SSSR count). The highest BCUT2D eigenvalue weighted by atomic mass is 16.5. The van der Waals surface area contributed by atoms with Crippen LogP contribution in [0.3, 0.4) is 0 Å². The highest BCUT2D eigenvalue weighted by Gasteiger charge is 2.36. The van der Waals surface area contributed by atoms with Gasteiger partial charge in [0.25, 0.3) is 5.91 Å². The number of aromatic nitrogens is 2. The lowest BCUT2D eigenvalue weighted by Crippen LogP contribution is -2.57. The number of methoxy groups -OCH3 is 1. The number of nitrogens with one attached hydrogen (secondary N) is 2. The lowest BCUT2D eigenvalue weighted by molar-refractivity contribution is -0.148. The molecule has 0 radical (unpaired) electrons. The van der Waals surface area contributed by atoms with Gasteiger partial charge < -0.3 is 15.4 Å². The van der Waals surface area contributed by atoms with Crippen molar-refractivity contribution in [3.8, 4) is 0 Å². The third-order valence-electron chi connectivity index (χ3n) is 4.17. The van der Waals surface area contributed by atoms with Crippen LogP contribution in [0.25, 0.3) is 0 Å². The number of ether oxygens (including phenoxy) is 1. The Morgan fingerprint density at radius 2 is 1.85 bits per heavy atom. The highest BCUT2D eigenvalue weighted by molar-refractivity contribution is 5.96. The Kier molecular flexibility index (Phi) is 7.67. The summed E-state index contributed by atoms with van der Waals surface area (Å²) in [6.45, 7) is 9.24. The van der Waals surface area contributed by atoms with Crippen molar-refractivity contribution in [2.24, 2.45) is 11.3 Å². The van der Waals surface area contributed by atoms with E-state index in [1.165, 1.54) is 25.7 Å². The molecule has 0 bridgehead atoms. The van der Waals surface area contributed by atoms with Crippen LogP contribution in [0.4, 0.5) is 0 Å². The van der Waals surface area contributed by atoms with Gasteiger partial charge in [-0.15, -0.1) is 0 Å². The fourth-order valence-electron chi connectivity index (χ4n) is 2.31. The van der Waals surface area contributed by atoms with E-state index in [0.29, 0.717) is 6.42 Å². The van der Waals surface area contributed by atoms with Crippen molar-refractivity contribution in [3.05, 3.63) is 24.3 Å². The van der Waals surface area contributed by atoms with Gasteiger partial charge in [-0.05, 0) is 11.3 Å². The minimum atomic E-state index is -0.833. The molecule has 1 unspecified atom stereocenters. The van der Waals surface area contributed by atoms with Crippen LogP contribution in [-0.4, -0.2) is 46.9 Å². The molecule has 26 heavy (non-hydrogen) atoms. The molecule has 144 valence electrons. The fraction of sp³-hybridized carbons (Fsp3) is 0.611. The Balaban J connectivity index is 2.99. The summed E-state index contributed by atoms with van der Waals surface area (Å²) in [6, 6.07) is -1.65. The molecule has 0 aliphatic rings. The van der Waals surface area contributed by atoms with E-state index in [0.717, 1.165) is 0 Å². The smallest absolute Gasteiger partial charge is 0.328 e. The molecule has 8 heteroatoms. The number of carbonyl (C=O) groups is 3. The Labute approximate surface area is 154 Å². The van der Waals surface area contributed by atoms with Gasteiger partial charge in [0.05, 0.1) is 13.3 Å². The topological polar surface area (TPSA) is 110 Å². The van der Waals surface area contributed by atoms with Gasteiger partial charge in [0.1, 0.15) is 17.8 Å². The fourth-order valence-corrected chi connectivity index (χ4v) is 2.31. The summed E-state index contributed by atoms with van der Waals surface area (Å²) in [5.41, 5.74) is -0.425. The molecule has 8 nitrogen and oxygen atoms in total. The first kappa shape index (κ1) is 21.5. The monoisotopic (exact) mass is 364 g/mol. The van der Waals surface area contributed by atoms with Crippen molar-refractivity contribution in [2.75, 3.05) is 7.11 Å². The molecule has 0 fully saturated rings. The second-order valence-corrected chi connectivity index (χ2v) is 7.26. The quantitative estimate of drug-likeness (QED) is 0.706. The first-order valence-electron chi connectivity index (χ1n) is 8.56. The van der Waals surface area contributed by atoms with E-state index in [2.05, 4.69) is 20.6 Å². The van der Waals surface area contributed by atoms with Crippen LogP contribution in [0.1, 0.15) is 51.5 Å². The molecular weight excluding hydrogens is 336 g/mol. The molecular formula is C18H28N4O4. The normalized spacial score (nSPS) is 14.7. The molecule has 0 saturated heterocycles. The minimum absolute atomic E-state index is 0.119. The Bertz CT molecular complexity index is 628. The first-order chi connectivity index (χ1) is 12.1. The van der Waals surface area contributed by atoms with Gasteiger partial charge in [-0.1, -0.05) is 41.0 Å². The van der Waals surface area contributed by atoms with Gasteiger partial charge in [-0.25, -0.2) is 9.78 Å². The van der Waals surface area contributed by atoms with Gasteiger partial charge in [0, 0.05) is 12.4 Å². The molecule has 1 aromatic rings. The summed E-state index contributed by atoms with van der Waals surface area (Å²) in [7, 11) is 1.27. The average Bonchev–Trinajstić information content (AvgIpc) is 2.62. The number of esters is 1. The molecule has 1 heterocycles. The zero-order valence-corrected chi connectivity index (χ0v) is 16.2. The second kappa shape index (κ2) is 9.26. The van der Waals surface area contributed by atoms with Gasteiger partial charge >= 0.3 is 5.97 Å². The zero-order valence-electron chi connectivity index (χ0n) is 16.2. The maximum Gasteiger partial charge on any atom is 0.328 e. The molecule has 0 aromatic carbocycles. The summed E-state index contributed by atoms with van der Waals surface area (Å²) in [5, 5.41) is 5.41. The largest absolute Gasteiger partial charge is 0.467 e. The number of carbonyl (C=O) groups excluding carboxylic acids is 3. The van der Waals surface area contributed by atoms with Gasteiger partial charge in [-0.3, -0.25) is 14.6 Å². The Hall–Kier alpha value is -2.51. The van der Waals surface area contributed by atoms with Crippen molar-refractivity contribution in [3.63, 3.8) is 0 Å². The van der Waals surface area contributed by atoms with E-state index in [4.69, 9.17) is 4.74 Å². The zero-order chi connectivity index (χ0) is 19.9. The summed E-state index contributed by atoms with van der Waals surface area (Å²) < 4.78 is 4.80. The van der Waals surface area contributed by atoms with Gasteiger partial charge in [0.2, 0.25) is 5.91 Å². The SMILES string of the molecule is CCC(C)[C@H](NC(=O)c1cnccn1)C(=O)N[C@H](C(=O)OC)C(C)(C)C. The molecule has 0 saturated carbocycles. The molecule has 2 N–H and O–H groups in total. The van der Waals surface area contributed by atoms with Crippen LogP contribution in [0, 0.1) is 11.3 Å². The number of rotatable bonds is 7. The predicted molar refractivity (Wildman–Crippen MR) is 96.1 cm³/mol. The standard InChI is InChI=1S/C18H28N4O4/c1-7-11(2)13(21-15(23)12-10-19-8-9-20-12)16(24)22-14(17(25)26-6)18(3,4)5/h8-11,13-14H,7H2,1-6H3,(H,21,23)(H,22,24)/t11?,13-,14+/m0/s1. The molecule has 0 spiro atoms. The number of amides is 2. The van der Waals surface area contributed by atoms with Crippen LogP contribution >= 0.6 is 0 Å². The summed E-state index contributed by atoms with van der Waals surface area (Å²) in [5.74, 6) is -1.62. The van der Waals surface area contributed by atoms with E-state index in [9.17, 15) is 14.4 Å². The van der Waals surface area contributed by atoms with Crippen LogP contribution in [0.15, 0.2) is 18.6 Å². The number of hydrogen-bond donors (Lipinski definition) is 2. The maximum absolute atomic E-state index is 12.8. The van der Waals surface area contributed by atoms with E-state index in [-0.39, 0.29) is 11.6 Å². The van der Waals surface area contributed by atoms with E-state index >= 15 is 0 Å². The average molecular weight is 364 g/mol. The van der Waals surface area contributed by atoms with Crippen LogP contribution in [0.2, 0.25) is 0 Å². The minimum Gasteiger partial charge on any atom is -0.467 e. The third kappa shape index (κ3) is 5.79. The maximum atomic E-state index is 12.8. The van der Waals surface area contributed by atoms with Crippen LogP contribution in [-0.2, 0) is 14.3 Å². The third-order valence-corrected chi connectivity index (χ3v) is 4.17. The molecule has 3 atom stereocenters. The van der Waals surface area contributed by atoms with E-state index in [1.807, 2.05) is 34.6 Å². The molecule has 2 amide bonds. The summed E-state index contributed by atoms with van der Waals surface area (Å²) in [4.78, 5) is 45.0. The predicted octanol–water partition coefficient (Wildman–Crippen LogP) is 1.33. The van der Waals surface area contributed by atoms with Crippen molar-refractivity contribution in [1.29, 1.82) is 0 Å². The van der Waals surface area contributed by atoms with E-state index in [1.54, 1.807) is 0 Å². The van der Waals surface area contributed by atoms with Crippen molar-refractivity contribution >= 4 is 17.8 Å². The highest BCUT2D eigenvalue weighted by Crippen LogP contribution is 2.21. The second-order valence-electron chi connectivity index (χ2n) is 7.26. The summed E-state index contributed by atoms with van der Waals surface area (Å²) >= 11 is 0. The molecule has 0 aliphatic carbocycles. The van der Waals surface area contributed by atoms with Crippen molar-refractivity contribution in [1.82, 2.24) is 20.6 Å². The Morgan fingerprint density at radius 1 is 1.19 bits per heavy atom. The Morgan fingerprint density at radius 3 is 2.31 bits per heavy atom.